The molecule has 1 nitrogen and oxygen atoms in total. The third-order valence-corrected chi connectivity index (χ3v) is 7.32. The Morgan fingerprint density at radius 2 is 1.76 bits per heavy atom. The molecule has 0 aromatic heterocycles. The van der Waals surface area contributed by atoms with E-state index < -0.39 is 11.8 Å². The zero-order valence-corrected chi connectivity index (χ0v) is 13.6. The molecule has 1 spiro atoms. The molecule has 6 atom stereocenters. The maximum Gasteiger partial charge on any atom is 0.416 e. The highest BCUT2D eigenvalue weighted by Gasteiger charge is 2.81. The van der Waals surface area contributed by atoms with E-state index in [9.17, 15) is 18.3 Å². The van der Waals surface area contributed by atoms with Crippen LogP contribution in [0, 0.1) is 40.4 Å². The first-order chi connectivity index (χ1) is 9.35. The van der Waals surface area contributed by atoms with E-state index in [1.165, 1.54) is 0 Å². The molecule has 0 radical (unpaired) electrons. The molecule has 4 heteroatoms. The summed E-state index contributed by atoms with van der Waals surface area (Å²) in [5, 5.41) is 9.87. The van der Waals surface area contributed by atoms with Crippen molar-refractivity contribution in [1.29, 1.82) is 0 Å². The van der Waals surface area contributed by atoms with E-state index in [0.29, 0.717) is 23.7 Å². The lowest BCUT2D eigenvalue weighted by molar-refractivity contribution is -0.260. The summed E-state index contributed by atoms with van der Waals surface area (Å²) in [5.74, 6) is 2.12. The van der Waals surface area contributed by atoms with Gasteiger partial charge >= 0.3 is 6.18 Å². The van der Waals surface area contributed by atoms with Crippen LogP contribution in [-0.4, -0.2) is 16.9 Å². The highest BCUT2D eigenvalue weighted by molar-refractivity contribution is 5.29. The van der Waals surface area contributed by atoms with Gasteiger partial charge < -0.3 is 5.11 Å². The van der Waals surface area contributed by atoms with E-state index in [1.807, 2.05) is 0 Å². The standard InChI is InChI=1S/C17H27F3O/c1-9(2)12-11-8-16(13(12)14(16,3)4)7-10(11)6-15(5,21)17(18,19)20/h9-13,21H,6-8H2,1-5H3. The summed E-state index contributed by atoms with van der Waals surface area (Å²) in [7, 11) is 0. The number of rotatable bonds is 3. The van der Waals surface area contributed by atoms with Gasteiger partial charge in [-0.3, -0.25) is 0 Å². The molecule has 0 amide bonds. The lowest BCUT2D eigenvalue weighted by Gasteiger charge is -2.37. The second-order valence-corrected chi connectivity index (χ2v) is 8.98. The number of alkyl halides is 3. The molecule has 0 saturated heterocycles. The Balaban J connectivity index is 1.83. The molecule has 0 heterocycles. The van der Waals surface area contributed by atoms with Gasteiger partial charge in [0.2, 0.25) is 0 Å². The Morgan fingerprint density at radius 1 is 1.19 bits per heavy atom. The molecule has 2 bridgehead atoms. The van der Waals surface area contributed by atoms with E-state index in [4.69, 9.17) is 0 Å². The number of hydrogen-bond acceptors (Lipinski definition) is 1. The molecule has 6 unspecified atom stereocenters. The van der Waals surface area contributed by atoms with Crippen LogP contribution in [0.3, 0.4) is 0 Å². The smallest absolute Gasteiger partial charge is 0.381 e. The summed E-state index contributed by atoms with van der Waals surface area (Å²) in [6.45, 7) is 9.91. The van der Waals surface area contributed by atoms with Gasteiger partial charge in [0, 0.05) is 0 Å². The van der Waals surface area contributed by atoms with Gasteiger partial charge in [-0.2, -0.15) is 13.2 Å². The third kappa shape index (κ3) is 1.80. The maximum absolute atomic E-state index is 13.0. The molecule has 3 fully saturated rings. The van der Waals surface area contributed by atoms with Crippen molar-refractivity contribution >= 4 is 0 Å². The lowest BCUT2D eigenvalue weighted by Crippen LogP contribution is -2.45. The van der Waals surface area contributed by atoms with Gasteiger partial charge in [0.1, 0.15) is 0 Å². The second kappa shape index (κ2) is 3.98. The summed E-state index contributed by atoms with van der Waals surface area (Å²) in [6, 6.07) is 0. The van der Waals surface area contributed by atoms with E-state index in [1.54, 1.807) is 0 Å². The van der Waals surface area contributed by atoms with Crippen LogP contribution in [0.1, 0.15) is 53.9 Å². The molecule has 0 aliphatic heterocycles. The van der Waals surface area contributed by atoms with E-state index in [2.05, 4.69) is 27.7 Å². The molecule has 0 aromatic carbocycles. The molecular weight excluding hydrogens is 277 g/mol. The Kier molecular flexibility index (Phi) is 2.97. The quantitative estimate of drug-likeness (QED) is 0.805. The van der Waals surface area contributed by atoms with Gasteiger partial charge in [-0.05, 0) is 66.6 Å². The van der Waals surface area contributed by atoms with Crippen molar-refractivity contribution in [3.63, 3.8) is 0 Å². The van der Waals surface area contributed by atoms with Crippen molar-refractivity contribution in [1.82, 2.24) is 0 Å². The Morgan fingerprint density at radius 3 is 2.19 bits per heavy atom. The summed E-state index contributed by atoms with van der Waals surface area (Å²) in [4.78, 5) is 0. The van der Waals surface area contributed by atoms with Gasteiger partial charge in [0.25, 0.3) is 0 Å². The topological polar surface area (TPSA) is 20.2 Å². The van der Waals surface area contributed by atoms with Crippen LogP contribution in [0.2, 0.25) is 0 Å². The van der Waals surface area contributed by atoms with Crippen LogP contribution in [0.15, 0.2) is 0 Å². The Bertz CT molecular complexity index is 451. The first-order valence-corrected chi connectivity index (χ1v) is 8.14. The minimum absolute atomic E-state index is 0.0204. The van der Waals surface area contributed by atoms with Crippen molar-refractivity contribution in [3.8, 4) is 0 Å². The Labute approximate surface area is 125 Å². The minimum atomic E-state index is -4.53. The Hall–Kier alpha value is -0.250. The summed E-state index contributed by atoms with van der Waals surface area (Å²) >= 11 is 0. The average Bonchev–Trinajstić information content (AvgIpc) is 2.67. The predicted octanol–water partition coefficient (Wildman–Crippen LogP) is 4.64. The molecule has 3 aliphatic carbocycles. The number of halogens is 3. The monoisotopic (exact) mass is 304 g/mol. The molecule has 0 aromatic rings. The first kappa shape index (κ1) is 15.6. The second-order valence-electron chi connectivity index (χ2n) is 8.98. The third-order valence-electron chi connectivity index (χ3n) is 7.32. The fourth-order valence-electron chi connectivity index (χ4n) is 6.33. The lowest BCUT2D eigenvalue weighted by atomic mass is 9.71. The van der Waals surface area contributed by atoms with E-state index >= 15 is 0 Å². The number of fused-ring (bicyclic) bond motifs is 1. The summed E-state index contributed by atoms with van der Waals surface area (Å²) < 4.78 is 39.0. The largest absolute Gasteiger partial charge is 0.416 e. The van der Waals surface area contributed by atoms with Crippen LogP contribution in [0.5, 0.6) is 0 Å². The molecule has 1 N–H and O–H groups in total. The van der Waals surface area contributed by atoms with Crippen LogP contribution < -0.4 is 0 Å². The molecule has 3 rings (SSSR count). The van der Waals surface area contributed by atoms with Crippen LogP contribution in [-0.2, 0) is 0 Å². The van der Waals surface area contributed by atoms with Crippen LogP contribution in [0.25, 0.3) is 0 Å². The van der Waals surface area contributed by atoms with Crippen LogP contribution >= 0.6 is 0 Å². The molecule has 3 aliphatic rings. The first-order valence-electron chi connectivity index (χ1n) is 8.14. The number of hydrogen-bond donors (Lipinski definition) is 1. The van der Waals surface area contributed by atoms with E-state index in [0.717, 1.165) is 19.8 Å². The van der Waals surface area contributed by atoms with Gasteiger partial charge in [-0.15, -0.1) is 0 Å². The van der Waals surface area contributed by atoms with Gasteiger partial charge in [0.15, 0.2) is 5.60 Å². The molecule has 122 valence electrons. The van der Waals surface area contributed by atoms with Gasteiger partial charge in [-0.25, -0.2) is 0 Å². The normalized spacial score (nSPS) is 46.6. The van der Waals surface area contributed by atoms with Gasteiger partial charge in [0.05, 0.1) is 0 Å². The number of aliphatic hydroxyl groups is 1. The highest BCUT2D eigenvalue weighted by atomic mass is 19.4. The van der Waals surface area contributed by atoms with Crippen molar-refractivity contribution in [2.75, 3.05) is 0 Å². The average molecular weight is 304 g/mol. The fraction of sp³-hybridized carbons (Fsp3) is 1.00. The van der Waals surface area contributed by atoms with Crippen LogP contribution in [0.4, 0.5) is 13.2 Å². The summed E-state index contributed by atoms with van der Waals surface area (Å²) in [6.07, 6.45) is -2.70. The zero-order valence-electron chi connectivity index (χ0n) is 13.6. The molecule has 3 saturated carbocycles. The molecular formula is C17H27F3O. The fourth-order valence-corrected chi connectivity index (χ4v) is 6.33. The van der Waals surface area contributed by atoms with Gasteiger partial charge in [-0.1, -0.05) is 27.7 Å². The predicted molar refractivity (Wildman–Crippen MR) is 75.5 cm³/mol. The van der Waals surface area contributed by atoms with Crippen molar-refractivity contribution in [3.05, 3.63) is 0 Å². The summed E-state index contributed by atoms with van der Waals surface area (Å²) in [5.41, 5.74) is -2.01. The minimum Gasteiger partial charge on any atom is -0.381 e. The zero-order chi connectivity index (χ0) is 16.0. The highest BCUT2D eigenvalue weighted by Crippen LogP contribution is 2.87. The van der Waals surface area contributed by atoms with Crippen molar-refractivity contribution in [2.24, 2.45) is 40.4 Å². The van der Waals surface area contributed by atoms with E-state index in [-0.39, 0.29) is 23.2 Å². The molecule has 21 heavy (non-hydrogen) atoms. The van der Waals surface area contributed by atoms with Crippen molar-refractivity contribution in [2.45, 2.75) is 65.7 Å². The van der Waals surface area contributed by atoms with Crippen molar-refractivity contribution < 1.29 is 18.3 Å². The maximum atomic E-state index is 13.0. The SMILES string of the molecule is CC(C)C1C2CC3(CC2CC(C)(O)C(F)(F)F)C1C3(C)C.